The van der Waals surface area contributed by atoms with Gasteiger partial charge >= 0.3 is 40.5 Å². The Bertz CT molecular complexity index is 4340. The summed E-state index contributed by atoms with van der Waals surface area (Å²) in [5, 5.41) is 0. The first-order valence-corrected chi connectivity index (χ1v) is 47.0. The van der Waals surface area contributed by atoms with E-state index in [1.54, 1.807) is 24.3 Å². The Balaban J connectivity index is 1.14. The molecular weight excluding hydrogens is 1510 g/mol. The summed E-state index contributed by atoms with van der Waals surface area (Å²) >= 11 is 0. The van der Waals surface area contributed by atoms with Crippen LogP contribution in [0.2, 0.25) is 0 Å². The number of methoxy groups -OCH3 is 4. The Hall–Kier alpha value is -6.24. The summed E-state index contributed by atoms with van der Waals surface area (Å²) in [7, 11) is -13.2. The third-order valence-electron chi connectivity index (χ3n) is 30.4. The van der Waals surface area contributed by atoms with Gasteiger partial charge in [0.15, 0.2) is 0 Å². The first-order chi connectivity index (χ1) is 52.0. The zero-order valence-corrected chi connectivity index (χ0v) is 72.8. The molecule has 112 heavy (non-hydrogen) atoms. The summed E-state index contributed by atoms with van der Waals surface area (Å²) in [4.78, 5) is 57.3. The Morgan fingerprint density at radius 2 is 0.464 bits per heavy atom. The average molecular weight is 1630 g/mol. The van der Waals surface area contributed by atoms with Crippen LogP contribution in [0.4, 0.5) is 0 Å². The van der Waals surface area contributed by atoms with Crippen molar-refractivity contribution in [2.75, 3.05) is 51.5 Å². The number of ether oxygens (including phenoxy) is 4. The Labute approximate surface area is 666 Å². The van der Waals surface area contributed by atoms with Crippen molar-refractivity contribution >= 4 is 63.6 Å². The lowest BCUT2D eigenvalue weighted by atomic mass is 9.70. The van der Waals surface area contributed by atoms with Gasteiger partial charge in [-0.25, -0.2) is 0 Å². The molecule has 9 aliphatic carbocycles. The second-order valence-corrected chi connectivity index (χ2v) is 45.3. The summed E-state index contributed by atoms with van der Waals surface area (Å²) < 4.78 is 178. The van der Waals surface area contributed by atoms with Gasteiger partial charge in [0.2, 0.25) is 0 Å². The Morgan fingerprint density at radius 3 is 0.598 bits per heavy atom. The molecule has 0 N–H and O–H groups in total. The molecule has 0 unspecified atom stereocenters. The van der Waals surface area contributed by atoms with Crippen molar-refractivity contribution in [2.45, 2.75) is 237 Å². The predicted molar refractivity (Wildman–Crippen MR) is 429 cm³/mol. The van der Waals surface area contributed by atoms with Gasteiger partial charge in [0, 0.05) is 118 Å². The lowest BCUT2D eigenvalue weighted by molar-refractivity contribution is -0.128. The molecule has 8 saturated carbocycles. The van der Waals surface area contributed by atoms with Crippen molar-refractivity contribution in [1.29, 1.82) is 0 Å². The maximum absolute atomic E-state index is 15.6. The van der Waals surface area contributed by atoms with Crippen molar-refractivity contribution in [2.24, 2.45) is 90.7 Å². The topological polar surface area (TPSA) is 279 Å². The van der Waals surface area contributed by atoms with Gasteiger partial charge in [0.1, 0.15) is 69.1 Å². The van der Waals surface area contributed by atoms with E-state index in [0.29, 0.717) is 95.9 Å². The molecule has 12 atom stereocenters. The number of hydrogen-bond donors (Lipinski definition) is 0. The number of hydrogen-bond acceptors (Lipinski definition) is 20. The highest BCUT2D eigenvalue weighted by atomic mass is 32.2. The molecule has 8 fully saturated rings. The highest BCUT2D eigenvalue weighted by molar-refractivity contribution is 7.88. The molecule has 0 aliphatic heterocycles. The molecule has 0 aromatic heterocycles. The van der Waals surface area contributed by atoms with Crippen molar-refractivity contribution in [1.82, 2.24) is 0 Å². The number of carbonyl (C=O) groups excluding carboxylic acids is 4. The van der Waals surface area contributed by atoms with Crippen LogP contribution in [0.5, 0.6) is 46.0 Å². The molecule has 0 spiro atoms. The molecule has 4 aromatic carbocycles. The summed E-state index contributed by atoms with van der Waals surface area (Å²) in [6, 6.07) is 13.5. The zero-order chi connectivity index (χ0) is 81.9. The molecule has 0 heterocycles. The van der Waals surface area contributed by atoms with E-state index in [1.807, 2.05) is 135 Å². The van der Waals surface area contributed by atoms with Crippen molar-refractivity contribution < 1.29 is 88.5 Å². The van der Waals surface area contributed by atoms with Crippen LogP contribution in [0.3, 0.4) is 0 Å². The molecule has 0 radical (unpaired) electrons. The van der Waals surface area contributed by atoms with E-state index in [1.165, 1.54) is 28.4 Å². The van der Waals surface area contributed by atoms with Crippen molar-refractivity contribution in [3.63, 3.8) is 0 Å². The molecule has 0 saturated heterocycles. The number of Topliss-reactive ketones (excluding diaryl/α,β-unsaturated/α-hetero) is 4. The van der Waals surface area contributed by atoms with E-state index < -0.39 is 130 Å². The van der Waals surface area contributed by atoms with E-state index in [-0.39, 0.29) is 168 Å². The summed E-state index contributed by atoms with van der Waals surface area (Å²) in [6.45, 7) is 31.8. The lowest BCUT2D eigenvalue weighted by Gasteiger charge is -2.36. The van der Waals surface area contributed by atoms with E-state index >= 15 is 33.7 Å². The van der Waals surface area contributed by atoms with Crippen LogP contribution in [0.15, 0.2) is 48.5 Å². The molecule has 16 bridgehead atoms. The first kappa shape index (κ1) is 83.7. The molecule has 24 heteroatoms. The third kappa shape index (κ3) is 13.8. The fourth-order valence-corrected chi connectivity index (χ4v) is 30.5. The van der Waals surface area contributed by atoms with Crippen LogP contribution < -0.4 is 35.7 Å². The van der Waals surface area contributed by atoms with Crippen LogP contribution in [0.1, 0.15) is 282 Å². The Morgan fingerprint density at radius 1 is 0.295 bits per heavy atom. The first-order valence-electron chi connectivity index (χ1n) is 40.7. The molecule has 13 rings (SSSR count). The van der Waals surface area contributed by atoms with Crippen molar-refractivity contribution in [3.8, 4) is 46.0 Å². The molecule has 9 aliphatic rings. The van der Waals surface area contributed by atoms with Crippen LogP contribution in [0.25, 0.3) is 0 Å². The van der Waals surface area contributed by atoms with E-state index in [0.717, 1.165) is 0 Å². The van der Waals surface area contributed by atoms with Gasteiger partial charge in [-0.05, 0) is 170 Å². The average Bonchev–Trinajstić information content (AvgIpc) is 1.56. The van der Waals surface area contributed by atoms with Crippen LogP contribution in [-0.2, 0) is 59.7 Å². The summed E-state index contributed by atoms with van der Waals surface area (Å²) in [6.07, 6.45) is 6.01. The van der Waals surface area contributed by atoms with Gasteiger partial charge in [-0.2, -0.15) is 33.7 Å². The standard InChI is InChI=1S/C88H120O20S4/c1-49(2)29-57-61-37-66(74(41-69(61)101-17)106-110(95,96)46-86-26-22-54(34-78(86)90)82(86,11)12)59(31-51(5)6)63-39-68(76(43-71(63)103-19)108-112(99,100)48-88-28-24-56(36-80(88)92)84(88,15)16)60(32-52(7)8)64-40-67(75(44-72(64)104-20)107-111(97,98)47-87-27-23-55(35-79(87)91)83(87,13)14)58(30-50(3)4)62-38-65(57)73(42-70(62)102-18)105-109(93,94)45-85-25-21-53(33-77(85)89)81(85,9)10/h37-44,49-60H,21-36,45-48H2,1-20H3/t53-,54-,55-,56-,57+,58+,59+,60+,85-,86-,87-,88-/m0/s1. The van der Waals surface area contributed by atoms with Gasteiger partial charge in [-0.3, -0.25) is 19.2 Å². The minimum atomic E-state index is -4.74. The second-order valence-electron chi connectivity index (χ2n) is 39.1. The number of rotatable bonds is 28. The van der Waals surface area contributed by atoms with Crippen LogP contribution in [0, 0.1) is 90.7 Å². The van der Waals surface area contributed by atoms with Gasteiger partial charge in [-0.15, -0.1) is 0 Å². The molecular formula is C88H120O20S4. The van der Waals surface area contributed by atoms with Crippen molar-refractivity contribution in [3.05, 3.63) is 93.0 Å². The molecule has 0 amide bonds. The third-order valence-corrected chi connectivity index (χ3v) is 35.5. The minimum absolute atomic E-state index is 0.0283. The molecule has 20 nitrogen and oxygen atoms in total. The van der Waals surface area contributed by atoms with Crippen LogP contribution >= 0.6 is 0 Å². The molecule has 4 aromatic rings. The van der Waals surface area contributed by atoms with E-state index in [9.17, 15) is 19.2 Å². The van der Waals surface area contributed by atoms with Crippen LogP contribution in [-0.4, -0.2) is 108 Å². The number of benzene rings is 4. The highest BCUT2D eigenvalue weighted by Crippen LogP contribution is 2.69. The molecule has 616 valence electrons. The summed E-state index contributed by atoms with van der Waals surface area (Å²) in [5.41, 5.74) is -4.78. The number of carbonyl (C=O) groups is 4. The fourth-order valence-electron chi connectivity index (χ4n) is 23.4. The monoisotopic (exact) mass is 1620 g/mol. The van der Waals surface area contributed by atoms with E-state index in [4.69, 9.17) is 35.7 Å². The number of ketones is 4. The second kappa shape index (κ2) is 28.8. The maximum Gasteiger partial charge on any atom is 0.310 e. The van der Waals surface area contributed by atoms with Gasteiger partial charge in [-0.1, -0.05) is 111 Å². The van der Waals surface area contributed by atoms with E-state index in [2.05, 4.69) is 0 Å². The highest BCUT2D eigenvalue weighted by Gasteiger charge is 2.69. The van der Waals surface area contributed by atoms with Gasteiger partial charge < -0.3 is 35.7 Å². The van der Waals surface area contributed by atoms with Gasteiger partial charge in [0.25, 0.3) is 0 Å². The fraction of sp³-hybridized carbons (Fsp3) is 0.682. The number of fused-ring (bicyclic) bond motifs is 16. The normalized spacial score (nSPS) is 29.9. The maximum atomic E-state index is 15.6. The summed E-state index contributed by atoms with van der Waals surface area (Å²) in [5.74, 6) is -7.76. The quantitative estimate of drug-likeness (QED) is 0.0478. The lowest BCUT2D eigenvalue weighted by Crippen LogP contribution is -2.43. The van der Waals surface area contributed by atoms with Gasteiger partial charge in [0.05, 0.1) is 73.1 Å². The predicted octanol–water partition coefficient (Wildman–Crippen LogP) is 17.2. The Kier molecular flexibility index (Phi) is 21.6. The smallest absolute Gasteiger partial charge is 0.310 e. The SMILES string of the molecule is COc1cc(OS(=O)(=O)C[C@@]23CC[C@@H](CC2=O)C3(C)C)c2cc1[C@@H](CC(C)C)c1cc(c(OC)cc1OS(=O)(=O)C[C@@]13CC[C@@H](CC1=O)C3(C)C)[C@@H](CC(C)C)c1cc(c(OC)cc1OS(=O)(=O)C[C@@]13CC[C@@H](CC1=O)C3(C)C)[C@@H](CC(C)C)c1cc(c(OC)cc1OS(=O)(=O)C[C@@]13CC[C@@H](CC1=O)C3(C)C)[C@H]2CC(C)C. The minimum Gasteiger partial charge on any atom is -0.496 e. The zero-order valence-electron chi connectivity index (χ0n) is 69.5. The largest absolute Gasteiger partial charge is 0.496 e.